The minimum atomic E-state index is -0.353. The summed E-state index contributed by atoms with van der Waals surface area (Å²) in [6.45, 7) is 2.01. The van der Waals surface area contributed by atoms with Crippen LogP contribution in [-0.4, -0.2) is 22.5 Å². The second kappa shape index (κ2) is 5.54. The number of pyridine rings is 1. The lowest BCUT2D eigenvalue weighted by molar-refractivity contribution is 0.250. The third kappa shape index (κ3) is 2.57. The van der Waals surface area contributed by atoms with E-state index in [0.717, 1.165) is 5.39 Å². The van der Waals surface area contributed by atoms with Gasteiger partial charge in [-0.3, -0.25) is 4.98 Å². The Hall–Kier alpha value is -1.33. The van der Waals surface area contributed by atoms with Crippen LogP contribution < -0.4 is 5.73 Å². The van der Waals surface area contributed by atoms with E-state index >= 15 is 0 Å². The van der Waals surface area contributed by atoms with Gasteiger partial charge in [0.15, 0.2) is 0 Å². The molecule has 0 fully saturated rings. The molecule has 0 saturated carbocycles. The molecule has 0 aliphatic heterocycles. The summed E-state index contributed by atoms with van der Waals surface area (Å²) >= 11 is 1.36. The highest BCUT2D eigenvalue weighted by atomic mass is 32.2. The summed E-state index contributed by atoms with van der Waals surface area (Å²) in [5, 5.41) is 9.76. The summed E-state index contributed by atoms with van der Waals surface area (Å²) in [4.78, 5) is 4.70. The number of nitrogens with two attached hydrogens (primary N) is 1. The van der Waals surface area contributed by atoms with Gasteiger partial charge in [-0.1, -0.05) is 6.92 Å². The van der Waals surface area contributed by atoms with Crippen molar-refractivity contribution in [1.29, 1.82) is 0 Å². The van der Waals surface area contributed by atoms with Crippen LogP contribution in [0.5, 0.6) is 0 Å². The van der Waals surface area contributed by atoms with E-state index in [1.54, 1.807) is 12.3 Å². The van der Waals surface area contributed by atoms with Gasteiger partial charge in [-0.15, -0.1) is 11.8 Å². The Morgan fingerprint density at radius 1 is 1.56 bits per heavy atom. The molecule has 5 heteroatoms. The molecule has 0 amide bonds. The van der Waals surface area contributed by atoms with Crippen molar-refractivity contribution in [3.05, 3.63) is 30.2 Å². The van der Waals surface area contributed by atoms with Gasteiger partial charge in [-0.2, -0.15) is 0 Å². The highest BCUT2D eigenvalue weighted by Crippen LogP contribution is 2.33. The van der Waals surface area contributed by atoms with Crippen LogP contribution in [0.2, 0.25) is 0 Å². The molecule has 96 valence electrons. The molecule has 3 N–H and O–H groups in total. The van der Waals surface area contributed by atoms with Gasteiger partial charge in [0.25, 0.3) is 0 Å². The molecule has 1 unspecified atom stereocenters. The summed E-state index contributed by atoms with van der Waals surface area (Å²) in [5.41, 5.74) is 6.77. The molecule has 0 aliphatic rings. The SMILES string of the molecule is CC(CO)CSc1c(F)cc(N)c2cccnc12. The Morgan fingerprint density at radius 3 is 3.06 bits per heavy atom. The number of thioether (sulfide) groups is 1. The Kier molecular flexibility index (Phi) is 4.04. The Morgan fingerprint density at radius 2 is 2.33 bits per heavy atom. The first-order chi connectivity index (χ1) is 8.63. The average Bonchev–Trinajstić information content (AvgIpc) is 2.38. The lowest BCUT2D eigenvalue weighted by atomic mass is 10.2. The standard InChI is InChI=1S/C13H15FN2OS/c1-8(6-17)7-18-13-10(14)5-11(15)9-3-2-4-16-12(9)13/h2-5,8,17H,6-7,15H2,1H3. The van der Waals surface area contributed by atoms with Crippen LogP contribution in [0.3, 0.4) is 0 Å². The molecule has 2 aromatic rings. The van der Waals surface area contributed by atoms with E-state index in [0.29, 0.717) is 21.9 Å². The van der Waals surface area contributed by atoms with Gasteiger partial charge in [-0.25, -0.2) is 4.39 Å². The van der Waals surface area contributed by atoms with Crippen molar-refractivity contribution in [2.45, 2.75) is 11.8 Å². The molecule has 1 heterocycles. The molecule has 0 bridgehead atoms. The van der Waals surface area contributed by atoms with E-state index in [1.165, 1.54) is 17.8 Å². The van der Waals surface area contributed by atoms with E-state index in [4.69, 9.17) is 10.8 Å². The molecular weight excluding hydrogens is 251 g/mol. The fraction of sp³-hybridized carbons (Fsp3) is 0.308. The number of anilines is 1. The van der Waals surface area contributed by atoms with Crippen molar-refractivity contribution >= 4 is 28.4 Å². The lowest BCUT2D eigenvalue weighted by Crippen LogP contribution is -2.04. The molecule has 18 heavy (non-hydrogen) atoms. The van der Waals surface area contributed by atoms with Crippen molar-refractivity contribution in [2.75, 3.05) is 18.1 Å². The molecule has 0 saturated heterocycles. The van der Waals surface area contributed by atoms with Crippen molar-refractivity contribution in [1.82, 2.24) is 4.98 Å². The molecular formula is C13H15FN2OS. The minimum Gasteiger partial charge on any atom is -0.398 e. The summed E-state index contributed by atoms with van der Waals surface area (Å²) in [6.07, 6.45) is 1.63. The van der Waals surface area contributed by atoms with Gasteiger partial charge in [0, 0.05) is 29.6 Å². The highest BCUT2D eigenvalue weighted by Gasteiger charge is 2.13. The molecule has 2 rings (SSSR count). The van der Waals surface area contributed by atoms with Gasteiger partial charge < -0.3 is 10.8 Å². The van der Waals surface area contributed by atoms with Crippen LogP contribution in [0.25, 0.3) is 10.9 Å². The summed E-state index contributed by atoms with van der Waals surface area (Å²) in [5.74, 6) is 0.405. The summed E-state index contributed by atoms with van der Waals surface area (Å²) in [7, 11) is 0. The number of benzene rings is 1. The number of nitrogens with zero attached hydrogens (tertiary/aromatic N) is 1. The van der Waals surface area contributed by atoms with Gasteiger partial charge in [0.1, 0.15) is 5.82 Å². The first-order valence-corrected chi connectivity index (χ1v) is 6.68. The van der Waals surface area contributed by atoms with E-state index in [1.807, 2.05) is 13.0 Å². The van der Waals surface area contributed by atoms with Crippen molar-refractivity contribution in [3.63, 3.8) is 0 Å². The fourth-order valence-electron chi connectivity index (χ4n) is 1.63. The van der Waals surface area contributed by atoms with E-state index in [-0.39, 0.29) is 18.3 Å². The molecule has 1 aromatic heterocycles. The van der Waals surface area contributed by atoms with Crippen molar-refractivity contribution < 1.29 is 9.50 Å². The monoisotopic (exact) mass is 266 g/mol. The topological polar surface area (TPSA) is 59.1 Å². The normalized spacial score (nSPS) is 12.8. The second-order valence-corrected chi connectivity index (χ2v) is 5.31. The molecule has 1 atom stereocenters. The maximum absolute atomic E-state index is 13.9. The van der Waals surface area contributed by atoms with Crippen LogP contribution in [-0.2, 0) is 0 Å². The zero-order valence-electron chi connectivity index (χ0n) is 10.1. The van der Waals surface area contributed by atoms with E-state index in [2.05, 4.69) is 4.98 Å². The zero-order valence-corrected chi connectivity index (χ0v) is 10.9. The van der Waals surface area contributed by atoms with Crippen molar-refractivity contribution in [3.8, 4) is 0 Å². The van der Waals surface area contributed by atoms with Gasteiger partial charge >= 0.3 is 0 Å². The quantitative estimate of drug-likeness (QED) is 0.660. The highest BCUT2D eigenvalue weighted by molar-refractivity contribution is 7.99. The Labute approximate surface area is 109 Å². The van der Waals surface area contributed by atoms with Crippen LogP contribution in [0.1, 0.15) is 6.92 Å². The Balaban J connectivity index is 2.43. The van der Waals surface area contributed by atoms with Crippen LogP contribution >= 0.6 is 11.8 Å². The number of rotatable bonds is 4. The zero-order chi connectivity index (χ0) is 13.1. The number of aromatic nitrogens is 1. The molecule has 0 aliphatic carbocycles. The minimum absolute atomic E-state index is 0.0922. The number of hydrogen-bond acceptors (Lipinski definition) is 4. The predicted octanol–water partition coefficient (Wildman–Crippen LogP) is 2.68. The van der Waals surface area contributed by atoms with E-state index < -0.39 is 0 Å². The van der Waals surface area contributed by atoms with Crippen molar-refractivity contribution in [2.24, 2.45) is 5.92 Å². The lowest BCUT2D eigenvalue weighted by Gasteiger charge is -2.11. The molecule has 1 aromatic carbocycles. The first-order valence-electron chi connectivity index (χ1n) is 5.70. The molecule has 0 spiro atoms. The number of hydrogen-bond donors (Lipinski definition) is 2. The maximum atomic E-state index is 13.9. The summed E-state index contributed by atoms with van der Waals surface area (Å²) in [6, 6.07) is 4.94. The Bertz CT molecular complexity index is 562. The third-order valence-electron chi connectivity index (χ3n) is 2.66. The number of halogens is 1. The molecule has 3 nitrogen and oxygen atoms in total. The largest absolute Gasteiger partial charge is 0.398 e. The number of aliphatic hydroxyl groups excluding tert-OH is 1. The number of nitrogen functional groups attached to an aromatic ring is 1. The van der Waals surface area contributed by atoms with Gasteiger partial charge in [0.2, 0.25) is 0 Å². The smallest absolute Gasteiger partial charge is 0.141 e. The number of fused-ring (bicyclic) bond motifs is 1. The first kappa shape index (κ1) is 13.1. The predicted molar refractivity (Wildman–Crippen MR) is 73.1 cm³/mol. The molecule has 0 radical (unpaired) electrons. The van der Waals surface area contributed by atoms with Crippen LogP contribution in [0, 0.1) is 11.7 Å². The van der Waals surface area contributed by atoms with Gasteiger partial charge in [0.05, 0.1) is 10.4 Å². The number of aliphatic hydroxyl groups is 1. The fourth-order valence-corrected chi connectivity index (χ4v) is 2.68. The van der Waals surface area contributed by atoms with Gasteiger partial charge in [-0.05, 0) is 24.1 Å². The second-order valence-electron chi connectivity index (χ2n) is 4.28. The van der Waals surface area contributed by atoms with Crippen LogP contribution in [0.4, 0.5) is 10.1 Å². The maximum Gasteiger partial charge on any atom is 0.141 e. The van der Waals surface area contributed by atoms with Crippen LogP contribution in [0.15, 0.2) is 29.3 Å². The summed E-state index contributed by atoms with van der Waals surface area (Å²) < 4.78 is 13.9. The average molecular weight is 266 g/mol. The third-order valence-corrected chi connectivity index (χ3v) is 4.07. The van der Waals surface area contributed by atoms with E-state index in [9.17, 15) is 4.39 Å².